The van der Waals surface area contributed by atoms with E-state index in [1.54, 1.807) is 13.1 Å². The molecule has 0 aromatic heterocycles. The van der Waals surface area contributed by atoms with Gasteiger partial charge in [0.25, 0.3) is 0 Å². The molecule has 0 unspecified atom stereocenters. The first-order chi connectivity index (χ1) is 9.45. The second kappa shape index (κ2) is 7.28. The van der Waals surface area contributed by atoms with Crippen molar-refractivity contribution in [1.29, 1.82) is 0 Å². The van der Waals surface area contributed by atoms with Crippen molar-refractivity contribution in [1.82, 2.24) is 4.90 Å². The van der Waals surface area contributed by atoms with Crippen molar-refractivity contribution in [3.63, 3.8) is 0 Å². The number of carbonyl (C=O) groups excluding carboxylic acids is 1. The number of amides is 2. The molecule has 0 aliphatic rings. The maximum Gasteiger partial charge on any atom is 0.335 e. The molecule has 0 fully saturated rings. The number of hydrogen-bond donors (Lipinski definition) is 2. The Morgan fingerprint density at radius 3 is 2.80 bits per heavy atom. The molecule has 2 N–H and O–H groups in total. The van der Waals surface area contributed by atoms with Crippen LogP contribution in [-0.2, 0) is 0 Å². The van der Waals surface area contributed by atoms with Gasteiger partial charge in [-0.15, -0.1) is 6.58 Å². The number of benzene rings is 1. The van der Waals surface area contributed by atoms with E-state index in [9.17, 15) is 14.0 Å². The summed E-state index contributed by atoms with van der Waals surface area (Å²) in [6.45, 7) is 4.08. The number of hydrogen-bond acceptors (Lipinski definition) is 2. The monoisotopic (exact) mass is 280 g/mol. The maximum absolute atomic E-state index is 13.5. The lowest BCUT2D eigenvalue weighted by molar-refractivity contribution is 0.0697. The van der Waals surface area contributed by atoms with Gasteiger partial charge in [-0.1, -0.05) is 6.08 Å². The number of nitrogens with zero attached hydrogens (tertiary/aromatic N) is 1. The zero-order valence-electron chi connectivity index (χ0n) is 11.2. The molecule has 6 heteroatoms. The first-order valence-electron chi connectivity index (χ1n) is 6.11. The largest absolute Gasteiger partial charge is 0.478 e. The highest BCUT2D eigenvalue weighted by Crippen LogP contribution is 2.16. The standard InChI is InChI=1S/C14H17FN2O3/c1-3-4-5-8-17(2)14(20)16-12-9-10(13(18)19)6-7-11(12)15/h3,6-7,9H,1,4-5,8H2,2H3,(H,16,20)(H,18,19). The zero-order valence-corrected chi connectivity index (χ0v) is 11.2. The highest BCUT2D eigenvalue weighted by Gasteiger charge is 2.13. The average Bonchev–Trinajstić information content (AvgIpc) is 2.41. The summed E-state index contributed by atoms with van der Waals surface area (Å²) in [6, 6.07) is 2.75. The van der Waals surface area contributed by atoms with Gasteiger partial charge in [-0.3, -0.25) is 0 Å². The van der Waals surface area contributed by atoms with Gasteiger partial charge in [0.15, 0.2) is 0 Å². The molecule has 5 nitrogen and oxygen atoms in total. The number of halogens is 1. The third-order valence-corrected chi connectivity index (χ3v) is 2.70. The summed E-state index contributed by atoms with van der Waals surface area (Å²) in [5, 5.41) is 11.2. The molecule has 2 amide bonds. The van der Waals surface area contributed by atoms with E-state index < -0.39 is 17.8 Å². The van der Waals surface area contributed by atoms with Crippen molar-refractivity contribution >= 4 is 17.7 Å². The zero-order chi connectivity index (χ0) is 15.1. The van der Waals surface area contributed by atoms with Gasteiger partial charge in [0, 0.05) is 13.6 Å². The first kappa shape index (κ1) is 15.7. The SMILES string of the molecule is C=CCCCN(C)C(=O)Nc1cc(C(=O)O)ccc1F. The number of carbonyl (C=O) groups is 2. The van der Waals surface area contributed by atoms with Gasteiger partial charge in [-0.25, -0.2) is 14.0 Å². The van der Waals surface area contributed by atoms with Crippen molar-refractivity contribution in [3.8, 4) is 0 Å². The number of unbranched alkanes of at least 4 members (excludes halogenated alkanes) is 1. The van der Waals surface area contributed by atoms with Crippen LogP contribution in [0.25, 0.3) is 0 Å². The van der Waals surface area contributed by atoms with E-state index in [4.69, 9.17) is 5.11 Å². The summed E-state index contributed by atoms with van der Waals surface area (Å²) >= 11 is 0. The highest BCUT2D eigenvalue weighted by atomic mass is 19.1. The Morgan fingerprint density at radius 1 is 1.50 bits per heavy atom. The number of aromatic carboxylic acids is 1. The molecule has 0 spiro atoms. The Morgan fingerprint density at radius 2 is 2.20 bits per heavy atom. The summed E-state index contributed by atoms with van der Waals surface area (Å²) in [5.41, 5.74) is -0.235. The van der Waals surface area contributed by atoms with Gasteiger partial charge in [0.1, 0.15) is 5.82 Å². The smallest absolute Gasteiger partial charge is 0.335 e. The molecular formula is C14H17FN2O3. The molecule has 0 aliphatic heterocycles. The lowest BCUT2D eigenvalue weighted by Gasteiger charge is -2.18. The molecular weight excluding hydrogens is 263 g/mol. The molecule has 0 bridgehead atoms. The van der Waals surface area contributed by atoms with Crippen molar-refractivity contribution < 1.29 is 19.1 Å². The summed E-state index contributed by atoms with van der Waals surface area (Å²) < 4.78 is 13.5. The van der Waals surface area contributed by atoms with Crippen LogP contribution in [0.4, 0.5) is 14.9 Å². The number of carboxylic acids is 1. The number of anilines is 1. The second-order valence-electron chi connectivity index (χ2n) is 4.28. The maximum atomic E-state index is 13.5. The Kier molecular flexibility index (Phi) is 5.71. The molecule has 0 heterocycles. The molecule has 1 aromatic carbocycles. The van der Waals surface area contributed by atoms with Crippen molar-refractivity contribution in [2.24, 2.45) is 0 Å². The van der Waals surface area contributed by atoms with Crippen LogP contribution >= 0.6 is 0 Å². The topological polar surface area (TPSA) is 69.6 Å². The molecule has 20 heavy (non-hydrogen) atoms. The normalized spacial score (nSPS) is 9.90. The number of allylic oxidation sites excluding steroid dienone is 1. The van der Waals surface area contributed by atoms with Crippen LogP contribution in [0.3, 0.4) is 0 Å². The van der Waals surface area contributed by atoms with Crippen LogP contribution in [0.15, 0.2) is 30.9 Å². The molecule has 0 aliphatic carbocycles. The van der Waals surface area contributed by atoms with Crippen LogP contribution in [0.1, 0.15) is 23.2 Å². The van der Waals surface area contributed by atoms with E-state index >= 15 is 0 Å². The molecule has 0 saturated carbocycles. The Bertz CT molecular complexity index is 517. The molecule has 0 saturated heterocycles. The van der Waals surface area contributed by atoms with Gasteiger partial charge in [0.05, 0.1) is 11.3 Å². The summed E-state index contributed by atoms with van der Waals surface area (Å²) in [6.07, 6.45) is 3.29. The number of nitrogens with one attached hydrogen (secondary N) is 1. The van der Waals surface area contributed by atoms with Gasteiger partial charge in [-0.05, 0) is 31.0 Å². The van der Waals surface area contributed by atoms with E-state index in [1.807, 2.05) is 0 Å². The summed E-state index contributed by atoms with van der Waals surface area (Å²) in [7, 11) is 1.58. The second-order valence-corrected chi connectivity index (χ2v) is 4.28. The van der Waals surface area contributed by atoms with E-state index in [1.165, 1.54) is 4.90 Å². The lowest BCUT2D eigenvalue weighted by Crippen LogP contribution is -2.32. The molecule has 0 atom stereocenters. The molecule has 108 valence electrons. The van der Waals surface area contributed by atoms with Crippen molar-refractivity contribution in [2.75, 3.05) is 18.9 Å². The number of carboxylic acid groups (broad SMARTS) is 1. The predicted molar refractivity (Wildman–Crippen MR) is 74.4 cm³/mol. The number of urea groups is 1. The number of rotatable bonds is 6. The Labute approximate surface area is 116 Å². The van der Waals surface area contributed by atoms with E-state index in [0.29, 0.717) is 6.54 Å². The third-order valence-electron chi connectivity index (χ3n) is 2.70. The third kappa shape index (κ3) is 4.38. The Balaban J connectivity index is 2.71. The average molecular weight is 280 g/mol. The van der Waals surface area contributed by atoms with Crippen LogP contribution in [0.5, 0.6) is 0 Å². The molecule has 1 rings (SSSR count). The van der Waals surface area contributed by atoms with Gasteiger partial charge < -0.3 is 15.3 Å². The van der Waals surface area contributed by atoms with Gasteiger partial charge >= 0.3 is 12.0 Å². The van der Waals surface area contributed by atoms with Crippen LogP contribution < -0.4 is 5.32 Å². The van der Waals surface area contributed by atoms with Crippen LogP contribution in [0.2, 0.25) is 0 Å². The first-order valence-corrected chi connectivity index (χ1v) is 6.11. The fraction of sp³-hybridized carbons (Fsp3) is 0.286. The fourth-order valence-corrected chi connectivity index (χ4v) is 1.54. The van der Waals surface area contributed by atoms with E-state index in [2.05, 4.69) is 11.9 Å². The Hall–Kier alpha value is -2.37. The quantitative estimate of drug-likeness (QED) is 0.621. The van der Waals surface area contributed by atoms with E-state index in [-0.39, 0.29) is 11.3 Å². The van der Waals surface area contributed by atoms with E-state index in [0.717, 1.165) is 31.0 Å². The highest BCUT2D eigenvalue weighted by molar-refractivity contribution is 5.93. The van der Waals surface area contributed by atoms with Crippen molar-refractivity contribution in [2.45, 2.75) is 12.8 Å². The van der Waals surface area contributed by atoms with Crippen LogP contribution in [-0.4, -0.2) is 35.6 Å². The summed E-state index contributed by atoms with van der Waals surface area (Å²) in [5.74, 6) is -1.86. The summed E-state index contributed by atoms with van der Waals surface area (Å²) in [4.78, 5) is 24.0. The van der Waals surface area contributed by atoms with Crippen LogP contribution in [0, 0.1) is 5.82 Å². The van der Waals surface area contributed by atoms with Gasteiger partial charge in [0.2, 0.25) is 0 Å². The van der Waals surface area contributed by atoms with Crippen molar-refractivity contribution in [3.05, 3.63) is 42.2 Å². The lowest BCUT2D eigenvalue weighted by atomic mass is 10.2. The minimum absolute atomic E-state index is 0.0870. The minimum atomic E-state index is -1.18. The molecule has 0 radical (unpaired) electrons. The minimum Gasteiger partial charge on any atom is -0.478 e. The predicted octanol–water partition coefficient (Wildman–Crippen LogP) is 2.95. The van der Waals surface area contributed by atoms with Gasteiger partial charge in [-0.2, -0.15) is 0 Å². The molecule has 1 aromatic rings. The fourth-order valence-electron chi connectivity index (χ4n) is 1.54.